The Labute approximate surface area is 162 Å². The molecule has 1 amide bonds. The normalized spacial score (nSPS) is 15.5. The van der Waals surface area contributed by atoms with Gasteiger partial charge in [-0.25, -0.2) is 0 Å². The molecule has 5 heteroatoms. The quantitative estimate of drug-likeness (QED) is 0.754. The summed E-state index contributed by atoms with van der Waals surface area (Å²) < 4.78 is 5.44. The van der Waals surface area contributed by atoms with Gasteiger partial charge < -0.3 is 14.5 Å². The maximum absolute atomic E-state index is 12.4. The van der Waals surface area contributed by atoms with Crippen molar-refractivity contribution in [2.45, 2.75) is 19.3 Å². The van der Waals surface area contributed by atoms with E-state index in [4.69, 9.17) is 4.74 Å². The number of aromatic nitrogens is 1. The summed E-state index contributed by atoms with van der Waals surface area (Å²) in [6.45, 7) is 4.03. The highest BCUT2D eigenvalue weighted by Crippen LogP contribution is 2.21. The van der Waals surface area contributed by atoms with E-state index < -0.39 is 0 Å². The summed E-state index contributed by atoms with van der Waals surface area (Å²) in [5.41, 5.74) is 1.79. The van der Waals surface area contributed by atoms with Crippen molar-refractivity contribution in [3.05, 3.63) is 59.9 Å². The topological polar surface area (TPSA) is 45.7 Å². The summed E-state index contributed by atoms with van der Waals surface area (Å²) in [7, 11) is 3.61. The van der Waals surface area contributed by atoms with E-state index in [9.17, 15) is 4.79 Å². The zero-order valence-electron chi connectivity index (χ0n) is 16.3. The summed E-state index contributed by atoms with van der Waals surface area (Å²) in [6.07, 6.45) is 4.94. The molecule has 0 atom stereocenters. The van der Waals surface area contributed by atoms with Crippen LogP contribution in [0.25, 0.3) is 0 Å². The smallest absolute Gasteiger partial charge is 0.272 e. The number of carbonyl (C=O) groups is 1. The minimum Gasteiger partial charge on any atom is -0.496 e. The summed E-state index contributed by atoms with van der Waals surface area (Å²) in [5, 5.41) is 0. The van der Waals surface area contributed by atoms with Crippen LogP contribution in [0.1, 0.15) is 28.9 Å². The maximum atomic E-state index is 12.4. The summed E-state index contributed by atoms with van der Waals surface area (Å²) in [5.74, 6) is 1.54. The van der Waals surface area contributed by atoms with Gasteiger partial charge in [-0.1, -0.05) is 24.3 Å². The van der Waals surface area contributed by atoms with E-state index in [0.29, 0.717) is 11.6 Å². The number of likely N-dealkylation sites (tertiary alicyclic amines) is 1. The second-order valence-electron chi connectivity index (χ2n) is 7.25. The molecule has 0 unspecified atom stereocenters. The standard InChI is InChI=1S/C22H29N3O2/c1-24(22(26)20-8-5-6-13-23-20)17-18-10-14-25(15-11-18)16-12-19-7-3-4-9-21(19)27-2/h3-9,13,18H,10-12,14-17H2,1-2H3. The van der Waals surface area contributed by atoms with Crippen molar-refractivity contribution in [2.24, 2.45) is 5.92 Å². The zero-order chi connectivity index (χ0) is 19.1. The van der Waals surface area contributed by atoms with Gasteiger partial charge in [-0.05, 0) is 62.0 Å². The number of methoxy groups -OCH3 is 1. The van der Waals surface area contributed by atoms with Crippen molar-refractivity contribution >= 4 is 5.91 Å². The molecule has 1 aliphatic heterocycles. The van der Waals surface area contributed by atoms with Crippen LogP contribution in [0, 0.1) is 5.92 Å². The molecular formula is C22H29N3O2. The molecule has 1 aromatic heterocycles. The lowest BCUT2D eigenvalue weighted by atomic mass is 9.96. The first kappa shape index (κ1) is 19.4. The third kappa shape index (κ3) is 5.30. The van der Waals surface area contributed by atoms with Crippen LogP contribution in [-0.4, -0.2) is 61.0 Å². The molecule has 144 valence electrons. The monoisotopic (exact) mass is 367 g/mol. The Morgan fingerprint density at radius 1 is 1.19 bits per heavy atom. The van der Waals surface area contributed by atoms with Crippen molar-refractivity contribution in [2.75, 3.05) is 40.3 Å². The van der Waals surface area contributed by atoms with Crippen molar-refractivity contribution in [1.29, 1.82) is 0 Å². The molecule has 5 nitrogen and oxygen atoms in total. The number of hydrogen-bond acceptors (Lipinski definition) is 4. The molecule has 0 spiro atoms. The molecule has 0 radical (unpaired) electrons. The number of carbonyl (C=O) groups excluding carboxylic acids is 1. The van der Waals surface area contributed by atoms with Crippen molar-refractivity contribution in [3.63, 3.8) is 0 Å². The van der Waals surface area contributed by atoms with Gasteiger partial charge in [0, 0.05) is 26.3 Å². The average molecular weight is 367 g/mol. The molecule has 1 saturated heterocycles. The number of hydrogen-bond donors (Lipinski definition) is 0. The summed E-state index contributed by atoms with van der Waals surface area (Å²) in [6, 6.07) is 13.7. The van der Waals surface area contributed by atoms with Crippen molar-refractivity contribution < 1.29 is 9.53 Å². The second-order valence-corrected chi connectivity index (χ2v) is 7.25. The summed E-state index contributed by atoms with van der Waals surface area (Å²) >= 11 is 0. The van der Waals surface area contributed by atoms with E-state index in [1.807, 2.05) is 36.2 Å². The van der Waals surface area contributed by atoms with Gasteiger partial charge in [0.25, 0.3) is 5.91 Å². The Morgan fingerprint density at radius 3 is 2.63 bits per heavy atom. The van der Waals surface area contributed by atoms with Crippen LogP contribution in [0.3, 0.4) is 0 Å². The third-order valence-electron chi connectivity index (χ3n) is 5.36. The van der Waals surface area contributed by atoms with Crippen LogP contribution in [-0.2, 0) is 6.42 Å². The van der Waals surface area contributed by atoms with Crippen molar-refractivity contribution in [1.82, 2.24) is 14.8 Å². The first-order valence-corrected chi connectivity index (χ1v) is 9.68. The van der Waals surface area contributed by atoms with E-state index in [0.717, 1.165) is 51.2 Å². The van der Waals surface area contributed by atoms with Crippen LogP contribution < -0.4 is 4.74 Å². The fraction of sp³-hybridized carbons (Fsp3) is 0.455. The van der Waals surface area contributed by atoms with E-state index in [1.54, 1.807) is 19.4 Å². The fourth-order valence-corrected chi connectivity index (χ4v) is 3.74. The van der Waals surface area contributed by atoms with E-state index >= 15 is 0 Å². The third-order valence-corrected chi connectivity index (χ3v) is 5.36. The molecule has 0 N–H and O–H groups in total. The molecule has 3 rings (SSSR count). The number of ether oxygens (including phenoxy) is 1. The number of amides is 1. The van der Waals surface area contributed by atoms with Crippen LogP contribution in [0.5, 0.6) is 5.75 Å². The highest BCUT2D eigenvalue weighted by molar-refractivity contribution is 5.92. The molecule has 0 aliphatic carbocycles. The lowest BCUT2D eigenvalue weighted by Crippen LogP contribution is -2.40. The van der Waals surface area contributed by atoms with Gasteiger partial charge in [-0.15, -0.1) is 0 Å². The van der Waals surface area contributed by atoms with Gasteiger partial charge >= 0.3 is 0 Å². The second kappa shape index (κ2) is 9.51. The maximum Gasteiger partial charge on any atom is 0.272 e. The minimum atomic E-state index is 0.00852. The SMILES string of the molecule is COc1ccccc1CCN1CCC(CN(C)C(=O)c2ccccn2)CC1. The van der Waals surface area contributed by atoms with Gasteiger partial charge in [-0.2, -0.15) is 0 Å². The van der Waals surface area contributed by atoms with Crippen molar-refractivity contribution in [3.8, 4) is 5.75 Å². The Kier molecular flexibility index (Phi) is 6.82. The van der Waals surface area contributed by atoms with Gasteiger partial charge in [0.15, 0.2) is 0 Å². The lowest BCUT2D eigenvalue weighted by molar-refractivity contribution is 0.0734. The number of piperidine rings is 1. The molecule has 1 aliphatic rings. The average Bonchev–Trinajstić information content (AvgIpc) is 2.73. The number of benzene rings is 1. The zero-order valence-corrected chi connectivity index (χ0v) is 16.3. The first-order chi connectivity index (χ1) is 13.2. The Morgan fingerprint density at radius 2 is 1.93 bits per heavy atom. The van der Waals surface area contributed by atoms with Crippen LogP contribution in [0.15, 0.2) is 48.7 Å². The molecule has 1 aromatic carbocycles. The first-order valence-electron chi connectivity index (χ1n) is 9.68. The molecule has 27 heavy (non-hydrogen) atoms. The molecule has 0 bridgehead atoms. The highest BCUT2D eigenvalue weighted by Gasteiger charge is 2.23. The molecular weight excluding hydrogens is 338 g/mol. The van der Waals surface area contributed by atoms with Crippen LogP contribution >= 0.6 is 0 Å². The predicted molar refractivity (Wildman–Crippen MR) is 107 cm³/mol. The number of rotatable bonds is 7. The minimum absolute atomic E-state index is 0.00852. The largest absolute Gasteiger partial charge is 0.496 e. The molecule has 1 fully saturated rings. The highest BCUT2D eigenvalue weighted by atomic mass is 16.5. The number of para-hydroxylation sites is 1. The van der Waals surface area contributed by atoms with Gasteiger partial charge in [0.2, 0.25) is 0 Å². The fourth-order valence-electron chi connectivity index (χ4n) is 3.74. The number of pyridine rings is 1. The van der Waals surface area contributed by atoms with Crippen LogP contribution in [0.2, 0.25) is 0 Å². The Balaban J connectivity index is 1.43. The molecule has 0 saturated carbocycles. The molecule has 2 heterocycles. The van der Waals surface area contributed by atoms with Crippen LogP contribution in [0.4, 0.5) is 0 Å². The van der Waals surface area contributed by atoms with E-state index in [-0.39, 0.29) is 5.91 Å². The van der Waals surface area contributed by atoms with E-state index in [2.05, 4.69) is 22.0 Å². The number of nitrogens with zero attached hydrogens (tertiary/aromatic N) is 3. The Hall–Kier alpha value is -2.40. The molecule has 2 aromatic rings. The van der Waals surface area contributed by atoms with Gasteiger partial charge in [-0.3, -0.25) is 9.78 Å². The predicted octanol–water partition coefficient (Wildman–Crippen LogP) is 3.12. The lowest BCUT2D eigenvalue weighted by Gasteiger charge is -2.34. The Bertz CT molecular complexity index is 727. The van der Waals surface area contributed by atoms with Gasteiger partial charge in [0.05, 0.1) is 7.11 Å². The summed E-state index contributed by atoms with van der Waals surface area (Å²) in [4.78, 5) is 20.9. The van der Waals surface area contributed by atoms with E-state index in [1.165, 1.54) is 5.56 Å². The van der Waals surface area contributed by atoms with Gasteiger partial charge in [0.1, 0.15) is 11.4 Å².